The molecule has 0 amide bonds. The number of nitrogens with one attached hydrogen (secondary N) is 2. The van der Waals surface area contributed by atoms with Gasteiger partial charge in [-0.3, -0.25) is 5.41 Å². The summed E-state index contributed by atoms with van der Waals surface area (Å²) >= 11 is 0. The molecule has 0 heterocycles. The Kier molecular flexibility index (Phi) is 13.3. The van der Waals surface area contributed by atoms with Crippen LogP contribution in [0.25, 0.3) is 0 Å². The van der Waals surface area contributed by atoms with E-state index in [4.69, 9.17) is 5.41 Å². The molecule has 54 valence electrons. The molecule has 0 saturated heterocycles. The van der Waals surface area contributed by atoms with Gasteiger partial charge in [0.1, 0.15) is 0 Å². The normalized spacial score (nSPS) is 8.91. The second-order valence-electron chi connectivity index (χ2n) is 1.05. The summed E-state index contributed by atoms with van der Waals surface area (Å²) in [6, 6.07) is 0. The fourth-order valence-electron chi connectivity index (χ4n) is 0.105. The van der Waals surface area contributed by atoms with Crippen LogP contribution in [0.3, 0.4) is 0 Å². The molecule has 7 nitrogen and oxygen atoms in total. The Labute approximate surface area is 107 Å². The van der Waals surface area contributed by atoms with Crippen LogP contribution in [-0.4, -0.2) is 5.96 Å². The van der Waals surface area contributed by atoms with Crippen molar-refractivity contribution in [3.05, 3.63) is 0 Å². The molecule has 10 heteroatoms. The van der Waals surface area contributed by atoms with Crippen molar-refractivity contribution in [1.29, 1.82) is 5.41 Å². The van der Waals surface area contributed by atoms with Crippen molar-refractivity contribution in [3.8, 4) is 0 Å². The summed E-state index contributed by atoms with van der Waals surface area (Å²) in [6.07, 6.45) is 0. The second-order valence-corrected chi connectivity index (χ2v) is 2.13. The Balaban J connectivity index is -0.000000320. The molecule has 0 bridgehead atoms. The molecule has 0 aromatic carbocycles. The molecule has 0 atom stereocenters. The van der Waals surface area contributed by atoms with Crippen LogP contribution in [0, 0.1) is 5.41 Å². The number of nitrogens with two attached hydrogens (primary N) is 1. The third-order valence-corrected chi connectivity index (χ3v) is 0.582. The first-order valence-corrected chi connectivity index (χ1v) is 3.18. The van der Waals surface area contributed by atoms with E-state index in [1.54, 1.807) is 0 Å². The van der Waals surface area contributed by atoms with E-state index in [1.807, 2.05) is 0 Å². The Morgan fingerprint density at radius 2 is 1.91 bits per heavy atom. The monoisotopic (exact) mass is 199 g/mol. The zero-order valence-electron chi connectivity index (χ0n) is 6.16. The zero-order chi connectivity index (χ0) is 7.49. The Bertz CT molecular complexity index is 157. The molecule has 0 radical (unpaired) electrons. The molecule has 0 aliphatic rings. The van der Waals surface area contributed by atoms with Gasteiger partial charge < -0.3 is 20.1 Å². The van der Waals surface area contributed by atoms with Crippen LogP contribution in [0.5, 0.6) is 0 Å². The average molecular weight is 199 g/mol. The van der Waals surface area contributed by atoms with Crippen molar-refractivity contribution in [1.82, 2.24) is 5.48 Å². The van der Waals surface area contributed by atoms with Gasteiger partial charge in [0.05, 0.1) is 7.82 Å². The SMILES string of the molecule is N=C(N)NOP(=O)([O-])[O-].[Na+].[Na+]. The number of hydrogen-bond donors (Lipinski definition) is 3. The molecule has 4 N–H and O–H groups in total. The van der Waals surface area contributed by atoms with Gasteiger partial charge >= 0.3 is 59.1 Å². The predicted octanol–water partition coefficient (Wildman–Crippen LogP) is -8.76. The average Bonchev–Trinajstić information content (AvgIpc) is 1.59. The van der Waals surface area contributed by atoms with Crippen molar-refractivity contribution in [3.63, 3.8) is 0 Å². The van der Waals surface area contributed by atoms with Crippen LogP contribution in [0.15, 0.2) is 0 Å². The molecule has 0 unspecified atom stereocenters. The van der Waals surface area contributed by atoms with E-state index in [-0.39, 0.29) is 59.1 Å². The van der Waals surface area contributed by atoms with Crippen molar-refractivity contribution in [2.75, 3.05) is 0 Å². The Morgan fingerprint density at radius 1 is 1.55 bits per heavy atom. The molecule has 0 aromatic heterocycles. The Morgan fingerprint density at radius 3 is 2.00 bits per heavy atom. The topological polar surface area (TPSA) is 134 Å². The molecule has 0 spiro atoms. The van der Waals surface area contributed by atoms with Crippen molar-refractivity contribution < 1.29 is 78.1 Å². The van der Waals surface area contributed by atoms with Gasteiger partial charge in [0.2, 0.25) is 5.96 Å². The molecule has 0 rings (SSSR count). The van der Waals surface area contributed by atoms with Gasteiger partial charge in [-0.2, -0.15) is 0 Å². The maximum atomic E-state index is 9.57. The van der Waals surface area contributed by atoms with Gasteiger partial charge in [0.15, 0.2) is 0 Å². The summed E-state index contributed by atoms with van der Waals surface area (Å²) in [6.45, 7) is 0. The van der Waals surface area contributed by atoms with Crippen molar-refractivity contribution in [2.45, 2.75) is 0 Å². The molecule has 0 saturated carbocycles. The van der Waals surface area contributed by atoms with E-state index in [2.05, 4.69) is 10.4 Å². The van der Waals surface area contributed by atoms with Crippen molar-refractivity contribution >= 4 is 13.8 Å². The predicted molar refractivity (Wildman–Crippen MR) is 23.7 cm³/mol. The third-order valence-electron chi connectivity index (χ3n) is 0.267. The summed E-state index contributed by atoms with van der Waals surface area (Å²) in [5, 5.41) is 6.32. The van der Waals surface area contributed by atoms with E-state index in [1.165, 1.54) is 5.48 Å². The molecule has 0 fully saturated rings. The first-order valence-electron chi connectivity index (χ1n) is 1.72. The van der Waals surface area contributed by atoms with Crippen LogP contribution in [0.2, 0.25) is 0 Å². The molecular formula is CH4N3Na2O4P. The number of hydroxylamine groups is 1. The van der Waals surface area contributed by atoms with E-state index < -0.39 is 13.8 Å². The minimum atomic E-state index is -5.05. The largest absolute Gasteiger partial charge is 1.00 e. The summed E-state index contributed by atoms with van der Waals surface area (Å²) < 4.78 is 12.9. The second kappa shape index (κ2) is 8.00. The quantitative estimate of drug-likeness (QED) is 0.133. The van der Waals surface area contributed by atoms with Crippen LogP contribution in [0.1, 0.15) is 0 Å². The van der Waals surface area contributed by atoms with Crippen molar-refractivity contribution in [2.24, 2.45) is 5.73 Å². The van der Waals surface area contributed by atoms with Gasteiger partial charge in [0, 0.05) is 0 Å². The molecular weight excluding hydrogens is 195 g/mol. The first-order chi connectivity index (χ1) is 3.92. The standard InChI is InChI=1S/CH6N3O4P.2Na/c2-1(3)4-8-9(5,6)7;;/h(H4,2,3,4)(H2,5,6,7);;/q;2*+1/p-2. The van der Waals surface area contributed by atoms with Crippen LogP contribution in [0.4, 0.5) is 0 Å². The number of hydrogen-bond acceptors (Lipinski definition) is 5. The summed E-state index contributed by atoms with van der Waals surface area (Å²) in [4.78, 5) is 19.1. The molecule has 0 aliphatic heterocycles. The van der Waals surface area contributed by atoms with Crippen LogP contribution < -0.4 is 80.1 Å². The van der Waals surface area contributed by atoms with Gasteiger partial charge in [-0.1, -0.05) is 0 Å². The minimum absolute atomic E-state index is 0. The smallest absolute Gasteiger partial charge is 0.788 e. The van der Waals surface area contributed by atoms with Crippen LogP contribution in [-0.2, 0) is 9.19 Å². The van der Waals surface area contributed by atoms with Gasteiger partial charge in [-0.25, -0.2) is 10.1 Å². The zero-order valence-corrected chi connectivity index (χ0v) is 11.1. The molecule has 0 aliphatic carbocycles. The fourth-order valence-corrected chi connectivity index (χ4v) is 0.315. The Hall–Kier alpha value is 1.38. The van der Waals surface area contributed by atoms with E-state index in [0.29, 0.717) is 0 Å². The summed E-state index contributed by atoms with van der Waals surface area (Å²) in [7, 11) is -5.05. The number of phosphoric acid groups is 1. The molecule has 11 heavy (non-hydrogen) atoms. The van der Waals surface area contributed by atoms with Gasteiger partial charge in [-0.05, 0) is 0 Å². The number of guanidine groups is 1. The molecule has 0 aromatic rings. The fraction of sp³-hybridized carbons (Fsp3) is 0. The van der Waals surface area contributed by atoms with E-state index >= 15 is 0 Å². The van der Waals surface area contributed by atoms with Gasteiger partial charge in [0.25, 0.3) is 0 Å². The maximum Gasteiger partial charge on any atom is 1.00 e. The maximum absolute atomic E-state index is 9.57. The van der Waals surface area contributed by atoms with E-state index in [9.17, 15) is 14.4 Å². The third kappa shape index (κ3) is 18.4. The first kappa shape index (κ1) is 18.2. The number of rotatable bonds is 2. The van der Waals surface area contributed by atoms with Gasteiger partial charge in [-0.15, -0.1) is 0 Å². The summed E-state index contributed by atoms with van der Waals surface area (Å²) in [5.41, 5.74) is 5.91. The van der Waals surface area contributed by atoms with E-state index in [0.717, 1.165) is 0 Å². The van der Waals surface area contributed by atoms with Crippen LogP contribution >= 0.6 is 7.82 Å². The summed E-state index contributed by atoms with van der Waals surface area (Å²) in [5.74, 6) is -0.748. The minimum Gasteiger partial charge on any atom is -0.788 e.